The van der Waals surface area contributed by atoms with Gasteiger partial charge in [-0.1, -0.05) is 12.1 Å². The van der Waals surface area contributed by atoms with E-state index in [2.05, 4.69) is 11.4 Å². The normalized spacial score (nSPS) is 13.8. The summed E-state index contributed by atoms with van der Waals surface area (Å²) in [6.07, 6.45) is 0. The number of nitrogens with one attached hydrogen (secondary N) is 1. The van der Waals surface area contributed by atoms with Crippen molar-refractivity contribution in [1.29, 1.82) is 5.26 Å². The molecule has 1 aromatic rings. The van der Waals surface area contributed by atoms with E-state index in [0.717, 1.165) is 0 Å². The van der Waals surface area contributed by atoms with Gasteiger partial charge in [-0.2, -0.15) is 5.26 Å². The SMILES string of the molecule is CCN(CC(C)(C#N)NC)c1ccccc1F. The number of nitriles is 1. The Morgan fingerprint density at radius 2 is 2.12 bits per heavy atom. The van der Waals surface area contributed by atoms with Crippen LogP contribution < -0.4 is 10.2 Å². The maximum Gasteiger partial charge on any atom is 0.146 e. The topological polar surface area (TPSA) is 39.1 Å². The lowest BCUT2D eigenvalue weighted by atomic mass is 10.0. The monoisotopic (exact) mass is 235 g/mol. The highest BCUT2D eigenvalue weighted by Crippen LogP contribution is 2.20. The van der Waals surface area contributed by atoms with Crippen LogP contribution in [0, 0.1) is 17.1 Å². The van der Waals surface area contributed by atoms with Gasteiger partial charge in [0.05, 0.1) is 11.8 Å². The summed E-state index contributed by atoms with van der Waals surface area (Å²) in [5.41, 5.74) is -0.148. The fourth-order valence-electron chi connectivity index (χ4n) is 1.63. The van der Waals surface area contributed by atoms with E-state index in [1.165, 1.54) is 6.07 Å². The first-order chi connectivity index (χ1) is 8.06. The molecule has 1 rings (SSSR count). The lowest BCUT2D eigenvalue weighted by Crippen LogP contribution is -2.49. The van der Waals surface area contributed by atoms with Crippen LogP contribution >= 0.6 is 0 Å². The Morgan fingerprint density at radius 3 is 2.59 bits per heavy atom. The maximum atomic E-state index is 13.7. The summed E-state index contributed by atoms with van der Waals surface area (Å²) in [5, 5.41) is 12.1. The standard InChI is InChI=1S/C13H18FN3/c1-4-17(10-13(2,9-15)16-3)12-8-6-5-7-11(12)14/h5-8,16H,4,10H2,1-3H3. The Labute approximate surface area is 102 Å². The minimum atomic E-state index is -0.682. The summed E-state index contributed by atoms with van der Waals surface area (Å²) in [4.78, 5) is 1.86. The predicted molar refractivity (Wildman–Crippen MR) is 67.4 cm³/mol. The fraction of sp³-hybridized carbons (Fsp3) is 0.462. The van der Waals surface area contributed by atoms with Crippen molar-refractivity contribution in [3.8, 4) is 6.07 Å². The third kappa shape index (κ3) is 3.18. The molecular formula is C13H18FN3. The first kappa shape index (κ1) is 13.5. The van der Waals surface area contributed by atoms with E-state index in [9.17, 15) is 4.39 Å². The summed E-state index contributed by atoms with van der Waals surface area (Å²) < 4.78 is 13.7. The number of nitrogens with zero attached hydrogens (tertiary/aromatic N) is 2. The van der Waals surface area contributed by atoms with E-state index in [4.69, 9.17) is 5.26 Å². The van der Waals surface area contributed by atoms with Crippen LogP contribution in [0.15, 0.2) is 24.3 Å². The van der Waals surface area contributed by atoms with Crippen molar-refractivity contribution in [3.63, 3.8) is 0 Å². The number of anilines is 1. The fourth-order valence-corrected chi connectivity index (χ4v) is 1.63. The molecule has 1 unspecified atom stereocenters. The largest absolute Gasteiger partial charge is 0.367 e. The molecule has 0 radical (unpaired) electrons. The summed E-state index contributed by atoms with van der Waals surface area (Å²) in [5.74, 6) is -0.259. The van der Waals surface area contributed by atoms with Gasteiger partial charge in [-0.05, 0) is 33.0 Å². The molecule has 1 atom stereocenters. The molecular weight excluding hydrogens is 217 g/mol. The second-order valence-electron chi connectivity index (χ2n) is 4.16. The number of para-hydroxylation sites is 1. The Morgan fingerprint density at radius 1 is 1.47 bits per heavy atom. The highest BCUT2D eigenvalue weighted by atomic mass is 19.1. The predicted octanol–water partition coefficient (Wildman–Crippen LogP) is 2.15. The molecule has 17 heavy (non-hydrogen) atoms. The van der Waals surface area contributed by atoms with E-state index in [1.54, 1.807) is 32.2 Å². The summed E-state index contributed by atoms with van der Waals surface area (Å²) in [6.45, 7) is 4.84. The first-order valence-corrected chi connectivity index (χ1v) is 5.66. The van der Waals surface area contributed by atoms with Gasteiger partial charge in [0.15, 0.2) is 0 Å². The number of rotatable bonds is 5. The average molecular weight is 235 g/mol. The van der Waals surface area contributed by atoms with Gasteiger partial charge in [-0.3, -0.25) is 0 Å². The molecule has 1 aromatic carbocycles. The number of hydrogen-bond acceptors (Lipinski definition) is 3. The molecule has 1 N–H and O–H groups in total. The zero-order valence-corrected chi connectivity index (χ0v) is 10.5. The van der Waals surface area contributed by atoms with Crippen LogP contribution in [0.25, 0.3) is 0 Å². The smallest absolute Gasteiger partial charge is 0.146 e. The number of halogens is 1. The molecule has 0 aliphatic rings. The lowest BCUT2D eigenvalue weighted by molar-refractivity contribution is 0.480. The Hall–Kier alpha value is -1.60. The summed E-state index contributed by atoms with van der Waals surface area (Å²) in [6, 6.07) is 8.82. The van der Waals surface area contributed by atoms with E-state index >= 15 is 0 Å². The quantitative estimate of drug-likeness (QED) is 0.850. The van der Waals surface area contributed by atoms with Crippen molar-refractivity contribution >= 4 is 5.69 Å². The molecule has 3 nitrogen and oxygen atoms in total. The molecule has 0 amide bonds. The zero-order chi connectivity index (χ0) is 12.9. The number of likely N-dealkylation sites (N-methyl/N-ethyl adjacent to an activating group) is 2. The van der Waals surface area contributed by atoms with Crippen LogP contribution in [0.5, 0.6) is 0 Å². The van der Waals surface area contributed by atoms with Gasteiger partial charge in [0.2, 0.25) is 0 Å². The molecule has 0 fully saturated rings. The van der Waals surface area contributed by atoms with Crippen LogP contribution in [-0.4, -0.2) is 25.7 Å². The van der Waals surface area contributed by atoms with Gasteiger partial charge >= 0.3 is 0 Å². The highest BCUT2D eigenvalue weighted by molar-refractivity contribution is 5.48. The first-order valence-electron chi connectivity index (χ1n) is 5.66. The van der Waals surface area contributed by atoms with Crippen LogP contribution in [0.4, 0.5) is 10.1 Å². The maximum absolute atomic E-state index is 13.7. The van der Waals surface area contributed by atoms with Crippen LogP contribution in [0.1, 0.15) is 13.8 Å². The molecule has 0 saturated heterocycles. The Balaban J connectivity index is 2.95. The lowest BCUT2D eigenvalue weighted by Gasteiger charge is -2.31. The summed E-state index contributed by atoms with van der Waals surface area (Å²) in [7, 11) is 1.73. The molecule has 0 spiro atoms. The van der Waals surface area contributed by atoms with Crippen LogP contribution in [-0.2, 0) is 0 Å². The third-order valence-corrected chi connectivity index (χ3v) is 2.88. The molecule has 4 heteroatoms. The van der Waals surface area contributed by atoms with E-state index in [0.29, 0.717) is 18.8 Å². The molecule has 0 saturated carbocycles. The van der Waals surface area contributed by atoms with Crippen molar-refractivity contribution < 1.29 is 4.39 Å². The van der Waals surface area contributed by atoms with E-state index in [-0.39, 0.29) is 5.82 Å². The van der Waals surface area contributed by atoms with Crippen molar-refractivity contribution in [2.75, 3.05) is 25.0 Å². The molecule has 0 aliphatic carbocycles. The van der Waals surface area contributed by atoms with Gasteiger partial charge in [0.1, 0.15) is 11.4 Å². The van der Waals surface area contributed by atoms with Crippen molar-refractivity contribution in [2.45, 2.75) is 19.4 Å². The number of hydrogen-bond donors (Lipinski definition) is 1. The molecule has 0 aliphatic heterocycles. The third-order valence-electron chi connectivity index (χ3n) is 2.88. The summed E-state index contributed by atoms with van der Waals surface area (Å²) >= 11 is 0. The molecule has 0 heterocycles. The molecule has 0 bridgehead atoms. The van der Waals surface area contributed by atoms with Gasteiger partial charge in [-0.15, -0.1) is 0 Å². The second-order valence-corrected chi connectivity index (χ2v) is 4.16. The molecule has 92 valence electrons. The van der Waals surface area contributed by atoms with Gasteiger partial charge < -0.3 is 10.2 Å². The molecule has 0 aromatic heterocycles. The van der Waals surface area contributed by atoms with Crippen molar-refractivity contribution in [3.05, 3.63) is 30.1 Å². The van der Waals surface area contributed by atoms with E-state index < -0.39 is 5.54 Å². The zero-order valence-electron chi connectivity index (χ0n) is 10.5. The highest BCUT2D eigenvalue weighted by Gasteiger charge is 2.25. The Kier molecular flexibility index (Phi) is 4.47. The number of benzene rings is 1. The average Bonchev–Trinajstić information content (AvgIpc) is 2.37. The van der Waals surface area contributed by atoms with Gasteiger partial charge in [0, 0.05) is 13.1 Å². The van der Waals surface area contributed by atoms with Crippen LogP contribution in [0.2, 0.25) is 0 Å². The van der Waals surface area contributed by atoms with Crippen molar-refractivity contribution in [2.24, 2.45) is 0 Å². The minimum Gasteiger partial charge on any atom is -0.367 e. The van der Waals surface area contributed by atoms with Gasteiger partial charge in [0.25, 0.3) is 0 Å². The van der Waals surface area contributed by atoms with E-state index in [1.807, 2.05) is 11.8 Å². The van der Waals surface area contributed by atoms with Crippen LogP contribution in [0.3, 0.4) is 0 Å². The van der Waals surface area contributed by atoms with Gasteiger partial charge in [-0.25, -0.2) is 4.39 Å². The minimum absolute atomic E-state index is 0.259. The van der Waals surface area contributed by atoms with Crippen molar-refractivity contribution in [1.82, 2.24) is 5.32 Å². The second kappa shape index (κ2) is 5.65. The Bertz CT molecular complexity index is 413.